The van der Waals surface area contributed by atoms with Gasteiger partial charge in [0.1, 0.15) is 5.82 Å². The summed E-state index contributed by atoms with van der Waals surface area (Å²) >= 11 is 2.62. The van der Waals surface area contributed by atoms with Crippen LogP contribution in [0.4, 0.5) is 17.6 Å². The lowest BCUT2D eigenvalue weighted by Crippen LogP contribution is -2.19. The zero-order valence-corrected chi connectivity index (χ0v) is 9.51. The van der Waals surface area contributed by atoms with E-state index in [1.54, 1.807) is 0 Å². The Bertz CT molecular complexity index is 458. The number of benzene rings is 1. The Morgan fingerprint density at radius 1 is 1.35 bits per heavy atom. The topological polar surface area (TPSA) is 57.5 Å². The number of rotatable bonds is 2. The van der Waals surface area contributed by atoms with Crippen LogP contribution in [0.3, 0.4) is 0 Å². The summed E-state index contributed by atoms with van der Waals surface area (Å²) in [7, 11) is 0. The van der Waals surface area contributed by atoms with Crippen molar-refractivity contribution in [2.24, 2.45) is 0 Å². The van der Waals surface area contributed by atoms with Crippen LogP contribution in [0.25, 0.3) is 0 Å². The van der Waals surface area contributed by atoms with Crippen molar-refractivity contribution in [3.8, 4) is 0 Å². The van der Waals surface area contributed by atoms with Gasteiger partial charge in [0.25, 0.3) is 0 Å². The highest BCUT2D eigenvalue weighted by atomic mass is 79.9. The number of carboxylic acid groups (broad SMARTS) is 1. The Labute approximate surface area is 101 Å². The summed E-state index contributed by atoms with van der Waals surface area (Å²) in [6.45, 7) is 0. The second-order valence-corrected chi connectivity index (χ2v) is 3.92. The van der Waals surface area contributed by atoms with Gasteiger partial charge in [0.2, 0.25) is 0 Å². The maximum atomic E-state index is 13.4. The predicted octanol–water partition coefficient (Wildman–Crippen LogP) is 2.72. The summed E-state index contributed by atoms with van der Waals surface area (Å²) in [6, 6.07) is 1.28. The molecule has 94 valence electrons. The molecule has 0 aromatic heterocycles. The van der Waals surface area contributed by atoms with Crippen molar-refractivity contribution in [1.29, 1.82) is 0 Å². The van der Waals surface area contributed by atoms with Crippen LogP contribution in [0.15, 0.2) is 16.6 Å². The highest BCUT2D eigenvalue weighted by Crippen LogP contribution is 2.38. The van der Waals surface area contributed by atoms with Gasteiger partial charge in [-0.05, 0) is 28.1 Å². The molecule has 0 bridgehead atoms. The number of aliphatic hydroxyl groups excluding tert-OH is 1. The number of carbonyl (C=O) groups is 1. The van der Waals surface area contributed by atoms with E-state index < -0.39 is 35.2 Å². The number of hydrogen-bond donors (Lipinski definition) is 2. The van der Waals surface area contributed by atoms with Crippen LogP contribution in [0, 0.1) is 5.82 Å². The Morgan fingerprint density at radius 2 is 1.88 bits per heavy atom. The van der Waals surface area contributed by atoms with E-state index in [0.29, 0.717) is 6.07 Å². The van der Waals surface area contributed by atoms with Crippen molar-refractivity contribution >= 4 is 21.9 Å². The molecule has 0 saturated carbocycles. The van der Waals surface area contributed by atoms with Crippen LogP contribution in [0.2, 0.25) is 0 Å². The second kappa shape index (κ2) is 4.61. The van der Waals surface area contributed by atoms with E-state index in [1.165, 1.54) is 0 Å². The minimum absolute atomic E-state index is 0.360. The van der Waals surface area contributed by atoms with Gasteiger partial charge in [-0.25, -0.2) is 9.18 Å². The Morgan fingerprint density at radius 3 is 2.29 bits per heavy atom. The van der Waals surface area contributed by atoms with Gasteiger partial charge in [-0.2, -0.15) is 13.2 Å². The Kier molecular flexibility index (Phi) is 3.78. The maximum Gasteiger partial charge on any atom is 0.416 e. The summed E-state index contributed by atoms with van der Waals surface area (Å²) in [5.74, 6) is -3.41. The molecule has 0 amide bonds. The average Bonchev–Trinajstić information content (AvgIpc) is 2.19. The molecule has 3 nitrogen and oxygen atoms in total. The zero-order chi connectivity index (χ0) is 13.4. The lowest BCUT2D eigenvalue weighted by Gasteiger charge is -2.16. The minimum Gasteiger partial charge on any atom is -0.479 e. The molecule has 1 unspecified atom stereocenters. The van der Waals surface area contributed by atoms with E-state index in [4.69, 9.17) is 10.2 Å². The monoisotopic (exact) mass is 316 g/mol. The lowest BCUT2D eigenvalue weighted by atomic mass is 10.0. The first-order chi connectivity index (χ1) is 7.66. The van der Waals surface area contributed by atoms with Crippen molar-refractivity contribution in [3.63, 3.8) is 0 Å². The fraction of sp³-hybridized carbons (Fsp3) is 0.222. The van der Waals surface area contributed by atoms with E-state index in [-0.39, 0.29) is 4.47 Å². The number of hydrogen-bond acceptors (Lipinski definition) is 2. The number of halogens is 5. The molecule has 0 radical (unpaired) electrons. The highest BCUT2D eigenvalue weighted by molar-refractivity contribution is 9.10. The summed E-state index contributed by atoms with van der Waals surface area (Å²) in [5.41, 5.74) is -2.83. The summed E-state index contributed by atoms with van der Waals surface area (Å²) < 4.78 is 50.6. The maximum absolute atomic E-state index is 13.4. The molecule has 0 spiro atoms. The molecular weight excluding hydrogens is 312 g/mol. The van der Waals surface area contributed by atoms with E-state index in [1.807, 2.05) is 0 Å². The SMILES string of the molecule is O=C(O)C(O)c1c(C(F)(F)F)ccc(Br)c1F. The highest BCUT2D eigenvalue weighted by Gasteiger charge is 2.38. The number of alkyl halides is 3. The fourth-order valence-corrected chi connectivity index (χ4v) is 1.55. The van der Waals surface area contributed by atoms with E-state index in [0.717, 1.165) is 6.07 Å². The smallest absolute Gasteiger partial charge is 0.416 e. The van der Waals surface area contributed by atoms with Crippen LogP contribution >= 0.6 is 15.9 Å². The van der Waals surface area contributed by atoms with Gasteiger partial charge in [0.05, 0.1) is 10.0 Å². The minimum atomic E-state index is -4.95. The lowest BCUT2D eigenvalue weighted by molar-refractivity contribution is -0.149. The van der Waals surface area contributed by atoms with Gasteiger partial charge < -0.3 is 10.2 Å². The van der Waals surface area contributed by atoms with Crippen LogP contribution in [0.5, 0.6) is 0 Å². The Balaban J connectivity index is 3.53. The molecule has 1 aromatic carbocycles. The van der Waals surface area contributed by atoms with Gasteiger partial charge in [-0.3, -0.25) is 0 Å². The molecule has 1 atom stereocenters. The molecule has 1 aromatic rings. The third-order valence-electron chi connectivity index (χ3n) is 1.95. The van der Waals surface area contributed by atoms with E-state index in [2.05, 4.69) is 15.9 Å². The van der Waals surface area contributed by atoms with Gasteiger partial charge in [-0.1, -0.05) is 0 Å². The van der Waals surface area contributed by atoms with Crippen molar-refractivity contribution in [1.82, 2.24) is 0 Å². The van der Waals surface area contributed by atoms with Crippen molar-refractivity contribution in [2.75, 3.05) is 0 Å². The Hall–Kier alpha value is -1.15. The van der Waals surface area contributed by atoms with E-state index >= 15 is 0 Å². The first-order valence-electron chi connectivity index (χ1n) is 4.12. The van der Waals surface area contributed by atoms with Gasteiger partial charge >= 0.3 is 12.1 Å². The molecule has 8 heteroatoms. The molecule has 17 heavy (non-hydrogen) atoms. The summed E-state index contributed by atoms with van der Waals surface area (Å²) in [4.78, 5) is 10.4. The number of aliphatic carboxylic acids is 1. The van der Waals surface area contributed by atoms with E-state index in [9.17, 15) is 22.4 Å². The molecule has 0 aliphatic carbocycles. The molecule has 0 saturated heterocycles. The largest absolute Gasteiger partial charge is 0.479 e. The van der Waals surface area contributed by atoms with Crippen molar-refractivity contribution in [3.05, 3.63) is 33.5 Å². The number of carboxylic acids is 1. The standard InChI is InChI=1S/C9H5BrF4O3/c10-4-2-1-3(9(12,13)14)5(6(4)11)7(15)8(16)17/h1-2,7,15H,(H,16,17). The average molecular weight is 317 g/mol. The number of aliphatic hydroxyl groups is 1. The molecule has 0 heterocycles. The molecule has 0 fully saturated rings. The predicted molar refractivity (Wildman–Crippen MR) is 51.7 cm³/mol. The summed E-state index contributed by atoms with van der Waals surface area (Å²) in [6.07, 6.45) is -7.53. The molecule has 2 N–H and O–H groups in total. The van der Waals surface area contributed by atoms with Crippen molar-refractivity contribution in [2.45, 2.75) is 12.3 Å². The third kappa shape index (κ3) is 2.75. The first kappa shape index (κ1) is 13.9. The van der Waals surface area contributed by atoms with Crippen LogP contribution in [0.1, 0.15) is 17.2 Å². The van der Waals surface area contributed by atoms with Crippen LogP contribution in [-0.4, -0.2) is 16.2 Å². The zero-order valence-electron chi connectivity index (χ0n) is 7.92. The third-order valence-corrected chi connectivity index (χ3v) is 2.56. The normalized spacial score (nSPS) is 13.5. The molecule has 1 rings (SSSR count). The van der Waals surface area contributed by atoms with Crippen LogP contribution < -0.4 is 0 Å². The second-order valence-electron chi connectivity index (χ2n) is 3.06. The van der Waals surface area contributed by atoms with Crippen LogP contribution in [-0.2, 0) is 11.0 Å². The van der Waals surface area contributed by atoms with Gasteiger partial charge in [0.15, 0.2) is 6.10 Å². The van der Waals surface area contributed by atoms with Gasteiger partial charge in [0, 0.05) is 5.56 Å². The van der Waals surface area contributed by atoms with Gasteiger partial charge in [-0.15, -0.1) is 0 Å². The quantitative estimate of drug-likeness (QED) is 0.825. The molecule has 0 aliphatic heterocycles. The van der Waals surface area contributed by atoms with Crippen molar-refractivity contribution < 1.29 is 32.6 Å². The summed E-state index contributed by atoms with van der Waals surface area (Å²) in [5, 5.41) is 17.5. The fourth-order valence-electron chi connectivity index (χ4n) is 1.20. The molecular formula is C9H5BrF4O3. The molecule has 0 aliphatic rings. The first-order valence-corrected chi connectivity index (χ1v) is 4.91.